The van der Waals surface area contributed by atoms with Gasteiger partial charge in [-0.3, -0.25) is 14.2 Å². The van der Waals surface area contributed by atoms with Gasteiger partial charge in [0.25, 0.3) is 11.5 Å². The summed E-state index contributed by atoms with van der Waals surface area (Å²) in [6.07, 6.45) is 4.89. The number of hydrogen-bond donors (Lipinski definition) is 2. The molecule has 0 saturated carbocycles. The van der Waals surface area contributed by atoms with E-state index in [0.29, 0.717) is 36.1 Å². The fourth-order valence-corrected chi connectivity index (χ4v) is 8.62. The van der Waals surface area contributed by atoms with Crippen LogP contribution in [0.4, 0.5) is 21.5 Å². The van der Waals surface area contributed by atoms with Crippen LogP contribution in [-0.2, 0) is 21.4 Å². The van der Waals surface area contributed by atoms with Crippen LogP contribution in [0.15, 0.2) is 70.5 Å². The van der Waals surface area contributed by atoms with Crippen molar-refractivity contribution in [2.45, 2.75) is 101 Å². The lowest BCUT2D eigenvalue weighted by Gasteiger charge is -2.32. The quantitative estimate of drug-likeness (QED) is 0.0898. The number of rotatable bonds is 19. The van der Waals surface area contributed by atoms with Gasteiger partial charge in [-0.05, 0) is 116 Å². The van der Waals surface area contributed by atoms with Crippen LogP contribution in [0.2, 0.25) is 0 Å². The number of likely N-dealkylation sites (N-methyl/N-ethyl adjacent to an activating group) is 1. The van der Waals surface area contributed by atoms with E-state index < -0.39 is 27.3 Å². The topological polar surface area (TPSA) is 135 Å². The molecule has 1 amide bonds. The molecule has 3 unspecified atom stereocenters. The molecule has 4 aromatic rings. The number of amides is 1. The Hall–Kier alpha value is -4.62. The van der Waals surface area contributed by atoms with Crippen molar-refractivity contribution in [3.63, 3.8) is 0 Å². The molecule has 13 heteroatoms. The van der Waals surface area contributed by atoms with Crippen LogP contribution in [-0.4, -0.2) is 62.6 Å². The summed E-state index contributed by atoms with van der Waals surface area (Å²) in [6.45, 7) is 23.3. The average molecular weight is 847 g/mol. The minimum absolute atomic E-state index is 0.0210. The van der Waals surface area contributed by atoms with Crippen molar-refractivity contribution < 1.29 is 22.3 Å². The van der Waals surface area contributed by atoms with Crippen molar-refractivity contribution >= 4 is 49.6 Å². The van der Waals surface area contributed by atoms with Crippen LogP contribution in [0.1, 0.15) is 99.4 Å². The van der Waals surface area contributed by atoms with Crippen LogP contribution >= 0.6 is 0 Å². The SMILES string of the molecule is CCN(CCNS(C)(=O)=O)c1ccc(N=C(C(=O)Nc2ccccc2OC)c2nc3ccc(F)cc3c(=O)n2CC(CCC(C)CC(C)(C)C)C(C)CC(C)(C)C)c(C)c1. The first kappa shape index (κ1) is 48.1. The Morgan fingerprint density at radius 2 is 1.67 bits per heavy atom. The molecule has 328 valence electrons. The molecule has 2 N–H and O–H groups in total. The first-order valence-corrected chi connectivity index (χ1v) is 22.9. The van der Waals surface area contributed by atoms with Gasteiger partial charge >= 0.3 is 0 Å². The number of halogens is 1. The molecule has 0 saturated heterocycles. The summed E-state index contributed by atoms with van der Waals surface area (Å²) in [6, 6.07) is 16.6. The van der Waals surface area contributed by atoms with E-state index in [-0.39, 0.29) is 58.2 Å². The highest BCUT2D eigenvalue weighted by atomic mass is 32.2. The predicted octanol–water partition coefficient (Wildman–Crippen LogP) is 9.53. The number of carbonyl (C=O) groups excluding carboxylic acids is 1. The largest absolute Gasteiger partial charge is 0.495 e. The number of aliphatic imine (C=N–C) groups is 1. The monoisotopic (exact) mass is 846 g/mol. The van der Waals surface area contributed by atoms with E-state index in [1.807, 2.05) is 30.9 Å². The number of ether oxygens (including phenoxy) is 1. The van der Waals surface area contributed by atoms with Crippen molar-refractivity contribution in [1.82, 2.24) is 14.3 Å². The number of anilines is 2. The standard InChI is InChI=1S/C47H67FN6O5S/c1-13-53(25-24-49-60(12,57)58)36-21-23-38(32(3)26-36)50-42(44(55)52-40-16-14-15-17-41(40)59-11)43-51-39-22-20-35(48)27-37(39)45(56)54(43)30-34(33(4)29-47(8,9)10)19-18-31(2)28-46(5,6)7/h14-17,20-23,26-27,31,33-34,49H,13,18-19,24-25,28-30H2,1-12H3,(H,52,55). The number of hydrogen-bond acceptors (Lipinski definition) is 8. The molecule has 1 heterocycles. The first-order chi connectivity index (χ1) is 28.0. The second kappa shape index (κ2) is 20.3. The number of nitrogens with zero attached hydrogens (tertiary/aromatic N) is 4. The van der Waals surface area contributed by atoms with E-state index in [1.165, 1.54) is 29.9 Å². The normalized spacial score (nSPS) is 14.2. The lowest BCUT2D eigenvalue weighted by Crippen LogP contribution is -2.36. The van der Waals surface area contributed by atoms with Crippen LogP contribution in [0.5, 0.6) is 5.75 Å². The van der Waals surface area contributed by atoms with E-state index in [0.717, 1.165) is 43.2 Å². The highest BCUT2D eigenvalue weighted by molar-refractivity contribution is 7.88. The number of aromatic nitrogens is 2. The summed E-state index contributed by atoms with van der Waals surface area (Å²) in [5.41, 5.74) is 2.38. The third-order valence-electron chi connectivity index (χ3n) is 10.8. The number of para-hydroxylation sites is 2. The summed E-state index contributed by atoms with van der Waals surface area (Å²) in [5, 5.41) is 3.09. The Morgan fingerprint density at radius 3 is 2.28 bits per heavy atom. The summed E-state index contributed by atoms with van der Waals surface area (Å²) < 4.78 is 47.9. The maximum Gasteiger partial charge on any atom is 0.278 e. The Labute approximate surface area is 357 Å². The van der Waals surface area contributed by atoms with Crippen LogP contribution < -0.4 is 25.2 Å². The van der Waals surface area contributed by atoms with Crippen molar-refractivity contribution in [2.24, 2.45) is 33.6 Å². The second-order valence-corrected chi connectivity index (χ2v) is 20.6. The summed E-state index contributed by atoms with van der Waals surface area (Å²) in [7, 11) is -1.83. The fraction of sp³-hybridized carbons (Fsp3) is 0.532. The maximum atomic E-state index is 14.8. The molecular formula is C47H67FN6O5S. The third-order valence-corrected chi connectivity index (χ3v) is 11.5. The van der Waals surface area contributed by atoms with Gasteiger partial charge < -0.3 is 15.0 Å². The minimum Gasteiger partial charge on any atom is -0.495 e. The summed E-state index contributed by atoms with van der Waals surface area (Å²) >= 11 is 0. The molecule has 3 aromatic carbocycles. The first-order valence-electron chi connectivity index (χ1n) is 21.0. The van der Waals surface area contributed by atoms with Gasteiger partial charge in [-0.15, -0.1) is 0 Å². The van der Waals surface area contributed by atoms with E-state index in [9.17, 15) is 22.4 Å². The lowest BCUT2D eigenvalue weighted by molar-refractivity contribution is -0.110. The van der Waals surface area contributed by atoms with Gasteiger partial charge in [-0.1, -0.05) is 73.9 Å². The van der Waals surface area contributed by atoms with Gasteiger partial charge in [0.1, 0.15) is 11.6 Å². The zero-order valence-electron chi connectivity index (χ0n) is 37.8. The van der Waals surface area contributed by atoms with E-state index >= 15 is 0 Å². The number of benzene rings is 3. The number of nitrogens with one attached hydrogen (secondary N) is 2. The molecule has 4 rings (SSSR count). The van der Waals surface area contributed by atoms with E-state index in [2.05, 4.69) is 65.4 Å². The zero-order chi connectivity index (χ0) is 44.6. The molecule has 3 atom stereocenters. The predicted molar refractivity (Wildman–Crippen MR) is 245 cm³/mol. The number of aryl methyl sites for hydroxylation is 1. The Bertz CT molecular complexity index is 2310. The highest BCUT2D eigenvalue weighted by Crippen LogP contribution is 2.35. The van der Waals surface area contributed by atoms with Gasteiger partial charge in [0.2, 0.25) is 10.0 Å². The summed E-state index contributed by atoms with van der Waals surface area (Å²) in [5.74, 6) is 0.0207. The molecule has 0 spiro atoms. The molecule has 0 aliphatic carbocycles. The van der Waals surface area contributed by atoms with Crippen molar-refractivity contribution in [2.75, 3.05) is 43.2 Å². The average Bonchev–Trinajstić information content (AvgIpc) is 3.14. The Kier molecular flexibility index (Phi) is 16.3. The van der Waals surface area contributed by atoms with E-state index in [4.69, 9.17) is 14.7 Å². The number of fused-ring (bicyclic) bond motifs is 1. The second-order valence-electron chi connectivity index (χ2n) is 18.8. The summed E-state index contributed by atoms with van der Waals surface area (Å²) in [4.78, 5) is 41.5. The number of carbonyl (C=O) groups is 1. The Morgan fingerprint density at radius 1 is 0.983 bits per heavy atom. The van der Waals surface area contributed by atoms with E-state index in [1.54, 1.807) is 30.3 Å². The molecule has 0 fully saturated rings. The molecule has 0 aliphatic rings. The molecule has 1 aromatic heterocycles. The minimum atomic E-state index is -3.35. The maximum absolute atomic E-state index is 14.8. The van der Waals surface area contributed by atoms with Crippen LogP contribution in [0.3, 0.4) is 0 Å². The van der Waals surface area contributed by atoms with Crippen molar-refractivity contribution in [3.05, 3.63) is 88.2 Å². The van der Waals surface area contributed by atoms with Crippen molar-refractivity contribution in [1.29, 1.82) is 0 Å². The van der Waals surface area contributed by atoms with Gasteiger partial charge in [0.05, 0.1) is 35.6 Å². The van der Waals surface area contributed by atoms with Gasteiger partial charge in [0.15, 0.2) is 11.5 Å². The molecular weight excluding hydrogens is 780 g/mol. The highest BCUT2D eigenvalue weighted by Gasteiger charge is 2.29. The molecule has 0 radical (unpaired) electrons. The molecule has 60 heavy (non-hydrogen) atoms. The number of methoxy groups -OCH3 is 1. The number of sulfonamides is 1. The van der Waals surface area contributed by atoms with Crippen LogP contribution in [0.25, 0.3) is 10.9 Å². The smallest absolute Gasteiger partial charge is 0.278 e. The van der Waals surface area contributed by atoms with Crippen molar-refractivity contribution in [3.8, 4) is 5.75 Å². The lowest BCUT2D eigenvalue weighted by atomic mass is 9.76. The van der Waals surface area contributed by atoms with Gasteiger partial charge in [-0.25, -0.2) is 27.5 Å². The van der Waals surface area contributed by atoms with Gasteiger partial charge in [0, 0.05) is 31.9 Å². The Balaban J connectivity index is 1.94. The molecule has 0 bridgehead atoms. The molecule has 11 nitrogen and oxygen atoms in total. The third kappa shape index (κ3) is 14.0. The molecule has 0 aliphatic heterocycles. The van der Waals surface area contributed by atoms with Crippen LogP contribution in [0, 0.1) is 41.3 Å². The van der Waals surface area contributed by atoms with Gasteiger partial charge in [-0.2, -0.15) is 0 Å². The zero-order valence-corrected chi connectivity index (χ0v) is 38.6. The fourth-order valence-electron chi connectivity index (χ4n) is 8.16.